The molecule has 0 radical (unpaired) electrons. The number of allylic oxidation sites excluding steroid dienone is 3. The van der Waals surface area contributed by atoms with Crippen molar-refractivity contribution >= 4 is 0 Å². The summed E-state index contributed by atoms with van der Waals surface area (Å²) in [6.45, 7) is 13.3. The summed E-state index contributed by atoms with van der Waals surface area (Å²) < 4.78 is 0. The molecule has 0 heterocycles. The van der Waals surface area contributed by atoms with Gasteiger partial charge < -0.3 is 0 Å². The van der Waals surface area contributed by atoms with Gasteiger partial charge in [0.2, 0.25) is 0 Å². The first-order chi connectivity index (χ1) is 8.08. The summed E-state index contributed by atoms with van der Waals surface area (Å²) in [4.78, 5) is 0. The van der Waals surface area contributed by atoms with Crippen molar-refractivity contribution in [3.63, 3.8) is 0 Å². The topological polar surface area (TPSA) is 0 Å². The summed E-state index contributed by atoms with van der Waals surface area (Å²) in [7, 11) is 0. The van der Waals surface area contributed by atoms with Gasteiger partial charge in [-0.1, -0.05) is 51.8 Å². The molecule has 1 aliphatic carbocycles. The lowest BCUT2D eigenvalue weighted by molar-refractivity contribution is 0.162. The molecule has 1 atom stereocenters. The molecule has 0 aromatic carbocycles. The van der Waals surface area contributed by atoms with Gasteiger partial charge in [-0.05, 0) is 55.9 Å². The third-order valence-corrected chi connectivity index (χ3v) is 4.44. The minimum absolute atomic E-state index is 0.845. The second kappa shape index (κ2) is 7.03. The van der Waals surface area contributed by atoms with Crippen LogP contribution in [0.15, 0.2) is 23.8 Å². The van der Waals surface area contributed by atoms with E-state index in [9.17, 15) is 0 Å². The van der Waals surface area contributed by atoms with Crippen LogP contribution in [-0.2, 0) is 0 Å². The molecular weight excluding hydrogens is 204 g/mol. The Morgan fingerprint density at radius 2 is 2.00 bits per heavy atom. The van der Waals surface area contributed by atoms with E-state index in [0.717, 1.165) is 17.8 Å². The van der Waals surface area contributed by atoms with Gasteiger partial charge >= 0.3 is 0 Å². The summed E-state index contributed by atoms with van der Waals surface area (Å²) >= 11 is 0. The Bertz CT molecular complexity index is 266. The molecule has 1 aliphatic rings. The predicted molar refractivity (Wildman–Crippen MR) is 78.1 cm³/mol. The Labute approximate surface area is 108 Å². The van der Waals surface area contributed by atoms with E-state index in [1.54, 1.807) is 0 Å². The molecule has 0 heteroatoms. The molecule has 0 bridgehead atoms. The maximum atomic E-state index is 4.12. The fraction of sp³-hybridized carbons (Fsp3) is 0.765. The normalized spacial score (nSPS) is 26.5. The highest BCUT2D eigenvalue weighted by atomic mass is 14.4. The molecule has 0 aliphatic heterocycles. The van der Waals surface area contributed by atoms with Crippen LogP contribution >= 0.6 is 0 Å². The second-order valence-corrected chi connectivity index (χ2v) is 5.95. The Kier molecular flexibility index (Phi) is 6.02. The highest BCUT2D eigenvalue weighted by molar-refractivity contribution is 5.27. The molecule has 98 valence electrons. The van der Waals surface area contributed by atoms with Gasteiger partial charge in [0.15, 0.2) is 0 Å². The van der Waals surface area contributed by atoms with Crippen LogP contribution in [0.3, 0.4) is 0 Å². The van der Waals surface area contributed by atoms with Gasteiger partial charge in [-0.3, -0.25) is 0 Å². The Hall–Kier alpha value is -0.520. The summed E-state index contributed by atoms with van der Waals surface area (Å²) in [6.07, 6.45) is 10.5. The van der Waals surface area contributed by atoms with Gasteiger partial charge in [0, 0.05) is 0 Å². The zero-order valence-corrected chi connectivity index (χ0v) is 12.3. The standard InChI is InChI=1S/C17H30/c1-6-8-9-16(13(3)4)10-15-11-17(12-15)14(5)7-2/h10,14-15,17H,3,6-9,11-12H2,1-2,4-5H3. The minimum atomic E-state index is 0.845. The smallest absolute Gasteiger partial charge is 0.0222 e. The first-order valence-corrected chi connectivity index (χ1v) is 7.45. The maximum Gasteiger partial charge on any atom is -0.0222 e. The maximum absolute atomic E-state index is 4.12. The summed E-state index contributed by atoms with van der Waals surface area (Å²) in [5, 5.41) is 0. The van der Waals surface area contributed by atoms with Crippen LogP contribution in [0.25, 0.3) is 0 Å². The van der Waals surface area contributed by atoms with Crippen molar-refractivity contribution in [3.8, 4) is 0 Å². The molecule has 0 saturated heterocycles. The molecule has 1 saturated carbocycles. The Morgan fingerprint density at radius 1 is 1.35 bits per heavy atom. The van der Waals surface area contributed by atoms with Gasteiger partial charge in [-0.15, -0.1) is 0 Å². The van der Waals surface area contributed by atoms with Crippen LogP contribution in [0.2, 0.25) is 0 Å². The van der Waals surface area contributed by atoms with Crippen LogP contribution in [-0.4, -0.2) is 0 Å². The van der Waals surface area contributed by atoms with Gasteiger partial charge in [-0.2, -0.15) is 0 Å². The van der Waals surface area contributed by atoms with Crippen molar-refractivity contribution in [2.75, 3.05) is 0 Å². The quantitative estimate of drug-likeness (QED) is 0.492. The predicted octanol–water partition coefficient (Wildman–Crippen LogP) is 5.75. The molecule has 17 heavy (non-hydrogen) atoms. The Morgan fingerprint density at radius 3 is 2.47 bits per heavy atom. The molecule has 0 aromatic rings. The van der Waals surface area contributed by atoms with E-state index in [2.05, 4.69) is 40.3 Å². The summed E-state index contributed by atoms with van der Waals surface area (Å²) in [5.74, 6) is 2.75. The molecule has 0 N–H and O–H groups in total. The van der Waals surface area contributed by atoms with Gasteiger partial charge in [0.1, 0.15) is 0 Å². The third-order valence-electron chi connectivity index (χ3n) is 4.44. The third kappa shape index (κ3) is 4.33. The SMILES string of the molecule is C=C(C)C(=CC1CC(C(C)CC)C1)CCCC. The van der Waals surface area contributed by atoms with Gasteiger partial charge in [0.25, 0.3) is 0 Å². The zero-order chi connectivity index (χ0) is 12.8. The van der Waals surface area contributed by atoms with Crippen molar-refractivity contribution in [1.29, 1.82) is 0 Å². The lowest BCUT2D eigenvalue weighted by Crippen LogP contribution is -2.27. The average molecular weight is 234 g/mol. The van der Waals surface area contributed by atoms with Crippen molar-refractivity contribution in [1.82, 2.24) is 0 Å². The monoisotopic (exact) mass is 234 g/mol. The zero-order valence-electron chi connectivity index (χ0n) is 12.3. The van der Waals surface area contributed by atoms with Crippen LogP contribution in [0.4, 0.5) is 0 Å². The average Bonchev–Trinajstić information content (AvgIpc) is 2.25. The van der Waals surface area contributed by atoms with Gasteiger partial charge in [0.05, 0.1) is 0 Å². The van der Waals surface area contributed by atoms with Crippen LogP contribution in [0.5, 0.6) is 0 Å². The highest BCUT2D eigenvalue weighted by Gasteiger charge is 2.30. The van der Waals surface area contributed by atoms with E-state index in [-0.39, 0.29) is 0 Å². The van der Waals surface area contributed by atoms with Crippen LogP contribution < -0.4 is 0 Å². The van der Waals surface area contributed by atoms with Crippen LogP contribution in [0.1, 0.15) is 66.2 Å². The fourth-order valence-electron chi connectivity index (χ4n) is 2.73. The van der Waals surface area contributed by atoms with E-state index in [1.807, 2.05) is 0 Å². The van der Waals surface area contributed by atoms with Gasteiger partial charge in [-0.25, -0.2) is 0 Å². The Balaban J connectivity index is 2.43. The number of rotatable bonds is 7. The van der Waals surface area contributed by atoms with Crippen LogP contribution in [0, 0.1) is 17.8 Å². The molecule has 0 amide bonds. The van der Waals surface area contributed by atoms with Crippen molar-refractivity contribution in [2.24, 2.45) is 17.8 Å². The number of unbranched alkanes of at least 4 members (excludes halogenated alkanes) is 1. The number of hydrogen-bond acceptors (Lipinski definition) is 0. The lowest BCUT2D eigenvalue weighted by atomic mass is 9.67. The van der Waals surface area contributed by atoms with E-state index in [1.165, 1.54) is 49.7 Å². The molecule has 0 spiro atoms. The van der Waals surface area contributed by atoms with Crippen molar-refractivity contribution < 1.29 is 0 Å². The first-order valence-electron chi connectivity index (χ1n) is 7.45. The molecular formula is C17H30. The largest absolute Gasteiger partial charge is 0.0958 e. The van der Waals surface area contributed by atoms with E-state index in [0.29, 0.717) is 0 Å². The molecule has 0 aromatic heterocycles. The molecule has 1 fully saturated rings. The molecule has 1 unspecified atom stereocenters. The highest BCUT2D eigenvalue weighted by Crippen LogP contribution is 2.41. The fourth-order valence-corrected chi connectivity index (χ4v) is 2.73. The minimum Gasteiger partial charge on any atom is -0.0958 e. The van der Waals surface area contributed by atoms with E-state index < -0.39 is 0 Å². The van der Waals surface area contributed by atoms with E-state index in [4.69, 9.17) is 0 Å². The molecule has 1 rings (SSSR count). The number of hydrogen-bond donors (Lipinski definition) is 0. The summed E-state index contributed by atoms with van der Waals surface area (Å²) in [6, 6.07) is 0. The first kappa shape index (κ1) is 14.5. The second-order valence-electron chi connectivity index (χ2n) is 5.95. The van der Waals surface area contributed by atoms with Crippen molar-refractivity contribution in [2.45, 2.75) is 66.2 Å². The molecule has 0 nitrogen and oxygen atoms in total. The van der Waals surface area contributed by atoms with E-state index >= 15 is 0 Å². The van der Waals surface area contributed by atoms with Crippen molar-refractivity contribution in [3.05, 3.63) is 23.8 Å². The summed E-state index contributed by atoms with van der Waals surface area (Å²) in [5.41, 5.74) is 2.81. The lowest BCUT2D eigenvalue weighted by Gasteiger charge is -2.38.